The van der Waals surface area contributed by atoms with E-state index in [0.717, 1.165) is 79.6 Å². The Morgan fingerprint density at radius 1 is 0.412 bits per heavy atom. The highest BCUT2D eigenvalue weighted by Gasteiger charge is 2.18. The van der Waals surface area contributed by atoms with Gasteiger partial charge in [0.25, 0.3) is 0 Å². The third-order valence-corrected chi connectivity index (χ3v) is 13.1. The van der Waals surface area contributed by atoms with E-state index in [1.807, 2.05) is 12.1 Å². The minimum Gasteiger partial charge on any atom is -0.355 e. The van der Waals surface area contributed by atoms with E-state index < -0.39 is 0 Å². The lowest BCUT2D eigenvalue weighted by molar-refractivity contribution is 0.811. The van der Waals surface area contributed by atoms with Crippen molar-refractivity contribution in [1.29, 1.82) is 0 Å². The molecule has 2 heterocycles. The third kappa shape index (κ3) is 7.99. The number of hydrogen-bond acceptors (Lipinski definition) is 3. The van der Waals surface area contributed by atoms with Gasteiger partial charge in [-0.15, -0.1) is 0 Å². The van der Waals surface area contributed by atoms with Gasteiger partial charge in [0.1, 0.15) is 0 Å². The molecule has 4 heteroatoms. The number of para-hydroxylation sites is 3. The quantitative estimate of drug-likeness (QED) is 0.149. The van der Waals surface area contributed by atoms with Gasteiger partial charge in [0.2, 0.25) is 0 Å². The Balaban J connectivity index is 0.873. The number of allylic oxidation sites excluding steroid dienone is 4. The molecule has 0 amide bonds. The molecule has 1 N–H and O–H groups in total. The van der Waals surface area contributed by atoms with Crippen molar-refractivity contribution in [2.45, 2.75) is 12.3 Å². The molecule has 0 saturated carbocycles. The van der Waals surface area contributed by atoms with Crippen molar-refractivity contribution in [1.82, 2.24) is 14.5 Å². The highest BCUT2D eigenvalue weighted by atomic mass is 15.0. The fourth-order valence-corrected chi connectivity index (χ4v) is 9.70. The Kier molecular flexibility index (Phi) is 10.7. The van der Waals surface area contributed by atoms with E-state index in [1.54, 1.807) is 0 Å². The molecule has 2 aromatic heterocycles. The molecule has 1 atom stereocenters. The maximum atomic E-state index is 5.18. The van der Waals surface area contributed by atoms with Crippen molar-refractivity contribution in [3.8, 4) is 72.8 Å². The fourth-order valence-electron chi connectivity index (χ4n) is 9.70. The first-order valence-electron chi connectivity index (χ1n) is 23.3. The van der Waals surface area contributed by atoms with E-state index in [0.29, 0.717) is 0 Å². The predicted octanol–water partition coefficient (Wildman–Crippen LogP) is 16.9. The van der Waals surface area contributed by atoms with Crippen LogP contribution in [0.25, 0.3) is 94.6 Å². The summed E-state index contributed by atoms with van der Waals surface area (Å²) in [6, 6.07) is 82.4. The Morgan fingerprint density at radius 2 is 1.00 bits per heavy atom. The standard InChI is InChI=1S/C64H46N4/c1-4-18-44(19-5-1)60-43-61(45-20-6-2-7-21-45)67-64(66-60)53-28-16-25-49(40-53)46-22-14-23-47(38-46)50-26-17-31-55(41-50)68-62-35-13-11-33-57(62)58-42-51(36-37-63(58)68)48-24-15-27-52(39-48)56-32-10-12-34-59(56)65-54-29-8-3-9-30-54/h1-20,22-43,45,65H,21H2. The van der Waals surface area contributed by atoms with Crippen LogP contribution in [0.5, 0.6) is 0 Å². The lowest BCUT2D eigenvalue weighted by atomic mass is 9.95. The van der Waals surface area contributed by atoms with Gasteiger partial charge in [-0.05, 0) is 118 Å². The van der Waals surface area contributed by atoms with Crippen molar-refractivity contribution in [3.63, 3.8) is 0 Å². The second kappa shape index (κ2) is 17.8. The molecular weight excluding hydrogens is 825 g/mol. The van der Waals surface area contributed by atoms with E-state index in [4.69, 9.17) is 9.97 Å². The van der Waals surface area contributed by atoms with Gasteiger partial charge in [-0.25, -0.2) is 9.97 Å². The normalized spacial score (nSPS) is 13.3. The smallest absolute Gasteiger partial charge is 0.160 e. The SMILES string of the molecule is C1=CCC(c2cc(-c3ccccc3)nc(-c3cccc(-c4cccc(-c5cccc(-n6c7ccccc7c7cc(-c8cccc(-c9ccccc9Nc9ccccc9)c8)ccc76)c5)c4)c3)n2)C=C1. The van der Waals surface area contributed by atoms with Crippen LogP contribution in [0.3, 0.4) is 0 Å². The molecule has 0 aliphatic heterocycles. The average molecular weight is 871 g/mol. The van der Waals surface area contributed by atoms with Gasteiger partial charge in [0, 0.05) is 50.4 Å². The van der Waals surface area contributed by atoms with Gasteiger partial charge in [-0.3, -0.25) is 0 Å². The molecule has 1 aliphatic carbocycles. The van der Waals surface area contributed by atoms with Gasteiger partial charge in [0.15, 0.2) is 5.82 Å². The Hall–Kier alpha value is -8.86. The molecule has 0 saturated heterocycles. The van der Waals surface area contributed by atoms with Crippen molar-refractivity contribution >= 4 is 33.2 Å². The Bertz CT molecular complexity index is 3690. The molecule has 0 bridgehead atoms. The van der Waals surface area contributed by atoms with Crippen LogP contribution in [0.15, 0.2) is 255 Å². The fraction of sp³-hybridized carbons (Fsp3) is 0.0312. The monoisotopic (exact) mass is 870 g/mol. The van der Waals surface area contributed by atoms with Gasteiger partial charge < -0.3 is 9.88 Å². The first-order valence-corrected chi connectivity index (χ1v) is 23.3. The molecule has 12 rings (SSSR count). The van der Waals surface area contributed by atoms with Crippen molar-refractivity contribution < 1.29 is 0 Å². The van der Waals surface area contributed by atoms with Crippen LogP contribution in [-0.4, -0.2) is 14.5 Å². The molecule has 0 radical (unpaired) electrons. The number of anilines is 2. The molecule has 322 valence electrons. The number of fused-ring (bicyclic) bond motifs is 3. The lowest BCUT2D eigenvalue weighted by Crippen LogP contribution is -2.04. The zero-order chi connectivity index (χ0) is 45.2. The summed E-state index contributed by atoms with van der Waals surface area (Å²) < 4.78 is 2.41. The highest BCUT2D eigenvalue weighted by molar-refractivity contribution is 6.10. The summed E-state index contributed by atoms with van der Waals surface area (Å²) in [7, 11) is 0. The van der Waals surface area contributed by atoms with E-state index in [9.17, 15) is 0 Å². The molecule has 1 aliphatic rings. The minimum absolute atomic E-state index is 0.209. The summed E-state index contributed by atoms with van der Waals surface area (Å²) in [6.07, 6.45) is 9.60. The summed E-state index contributed by atoms with van der Waals surface area (Å²) in [5.41, 5.74) is 18.9. The summed E-state index contributed by atoms with van der Waals surface area (Å²) in [5.74, 6) is 0.945. The lowest BCUT2D eigenvalue weighted by Gasteiger charge is -2.16. The summed E-state index contributed by atoms with van der Waals surface area (Å²) in [6.45, 7) is 0. The summed E-state index contributed by atoms with van der Waals surface area (Å²) in [4.78, 5) is 10.3. The van der Waals surface area contributed by atoms with Gasteiger partial charge >= 0.3 is 0 Å². The first-order chi connectivity index (χ1) is 33.7. The average Bonchev–Trinajstić information content (AvgIpc) is 3.75. The van der Waals surface area contributed by atoms with Crippen molar-refractivity contribution in [2.75, 3.05) is 5.32 Å². The predicted molar refractivity (Wildman–Crippen MR) is 284 cm³/mol. The second-order valence-corrected chi connectivity index (χ2v) is 17.4. The van der Waals surface area contributed by atoms with Crippen LogP contribution in [0.1, 0.15) is 18.0 Å². The molecule has 1 unspecified atom stereocenters. The third-order valence-electron chi connectivity index (χ3n) is 13.1. The Morgan fingerprint density at radius 3 is 1.76 bits per heavy atom. The number of nitrogens with zero attached hydrogens (tertiary/aromatic N) is 3. The number of aromatic nitrogens is 3. The van der Waals surface area contributed by atoms with E-state index in [2.05, 4.69) is 253 Å². The van der Waals surface area contributed by atoms with E-state index in [-0.39, 0.29) is 5.92 Å². The summed E-state index contributed by atoms with van der Waals surface area (Å²) >= 11 is 0. The molecule has 9 aromatic carbocycles. The van der Waals surface area contributed by atoms with E-state index in [1.165, 1.54) is 38.5 Å². The van der Waals surface area contributed by atoms with Crippen molar-refractivity contribution in [2.24, 2.45) is 0 Å². The van der Waals surface area contributed by atoms with E-state index >= 15 is 0 Å². The summed E-state index contributed by atoms with van der Waals surface area (Å²) in [5, 5.41) is 6.08. The largest absolute Gasteiger partial charge is 0.355 e. The van der Waals surface area contributed by atoms with Crippen LogP contribution in [0.2, 0.25) is 0 Å². The van der Waals surface area contributed by atoms with Crippen molar-refractivity contribution in [3.05, 3.63) is 261 Å². The molecule has 0 spiro atoms. The number of rotatable bonds is 10. The zero-order valence-corrected chi connectivity index (χ0v) is 37.4. The van der Waals surface area contributed by atoms with Gasteiger partial charge in [0.05, 0.1) is 22.4 Å². The molecule has 68 heavy (non-hydrogen) atoms. The van der Waals surface area contributed by atoms with Crippen LogP contribution in [-0.2, 0) is 0 Å². The second-order valence-electron chi connectivity index (χ2n) is 17.4. The first kappa shape index (κ1) is 40.6. The van der Waals surface area contributed by atoms with Crippen LogP contribution < -0.4 is 5.32 Å². The minimum atomic E-state index is 0.209. The molecule has 4 nitrogen and oxygen atoms in total. The topological polar surface area (TPSA) is 42.7 Å². The zero-order valence-electron chi connectivity index (χ0n) is 37.4. The number of nitrogens with one attached hydrogen (secondary N) is 1. The number of benzene rings is 9. The van der Waals surface area contributed by atoms with Crippen LogP contribution in [0, 0.1) is 0 Å². The number of hydrogen-bond donors (Lipinski definition) is 1. The van der Waals surface area contributed by atoms with Crippen LogP contribution >= 0.6 is 0 Å². The van der Waals surface area contributed by atoms with Gasteiger partial charge in [-0.2, -0.15) is 0 Å². The van der Waals surface area contributed by atoms with Crippen LogP contribution in [0.4, 0.5) is 11.4 Å². The maximum Gasteiger partial charge on any atom is 0.160 e. The molecule has 0 fully saturated rings. The molecule has 11 aromatic rings. The highest BCUT2D eigenvalue weighted by Crippen LogP contribution is 2.39. The molecular formula is C64H46N4. The maximum absolute atomic E-state index is 5.18. The Labute approximate surface area is 396 Å². The van der Waals surface area contributed by atoms with Gasteiger partial charge in [-0.1, -0.05) is 182 Å².